The van der Waals surface area contributed by atoms with Gasteiger partial charge in [-0.2, -0.15) is 18.2 Å². The first-order valence-electron chi connectivity index (χ1n) is 12.1. The lowest BCUT2D eigenvalue weighted by molar-refractivity contribution is -0.137. The van der Waals surface area contributed by atoms with E-state index >= 15 is 0 Å². The van der Waals surface area contributed by atoms with Gasteiger partial charge in [-0.05, 0) is 25.3 Å². The fourth-order valence-electron chi connectivity index (χ4n) is 4.80. The number of anilines is 4. The third-order valence-electron chi connectivity index (χ3n) is 6.86. The van der Waals surface area contributed by atoms with Gasteiger partial charge in [0.25, 0.3) is 0 Å². The molecule has 0 amide bonds. The summed E-state index contributed by atoms with van der Waals surface area (Å²) in [4.78, 5) is 10.1. The highest BCUT2D eigenvalue weighted by Crippen LogP contribution is 2.39. The molecular weight excluding hydrogens is 547 g/mol. The minimum absolute atomic E-state index is 0.101. The van der Waals surface area contributed by atoms with Gasteiger partial charge < -0.3 is 25.6 Å². The number of likely N-dealkylation sites (N-methyl/N-ethyl adjacent to an activating group) is 1. The molecule has 210 valence electrons. The van der Waals surface area contributed by atoms with Crippen LogP contribution in [0.2, 0.25) is 5.02 Å². The smallest absolute Gasteiger partial charge is 0.421 e. The molecule has 38 heavy (non-hydrogen) atoms. The van der Waals surface area contributed by atoms with Crippen LogP contribution in [0.5, 0.6) is 5.75 Å². The maximum atomic E-state index is 13.8. The van der Waals surface area contributed by atoms with Crippen LogP contribution < -0.4 is 25.6 Å². The van der Waals surface area contributed by atoms with Crippen molar-refractivity contribution in [1.82, 2.24) is 19.6 Å². The third-order valence-corrected chi connectivity index (χ3v) is 8.48. The Hall–Kier alpha value is -2.55. The number of nitrogens with zero attached hydrogens (tertiary/aromatic N) is 4. The van der Waals surface area contributed by atoms with E-state index in [-0.39, 0.29) is 5.95 Å². The maximum Gasteiger partial charge on any atom is 0.421 e. The van der Waals surface area contributed by atoms with Gasteiger partial charge in [-0.25, -0.2) is 17.7 Å². The highest BCUT2D eigenvalue weighted by atomic mass is 35.5. The summed E-state index contributed by atoms with van der Waals surface area (Å²) in [6.07, 6.45) is -1.27. The van der Waals surface area contributed by atoms with E-state index in [9.17, 15) is 21.6 Å². The number of aromatic nitrogens is 2. The molecule has 0 spiro atoms. The van der Waals surface area contributed by atoms with Crippen LogP contribution >= 0.6 is 11.6 Å². The quantitative estimate of drug-likeness (QED) is 0.434. The van der Waals surface area contributed by atoms with E-state index < -0.39 is 39.7 Å². The Labute approximate surface area is 225 Å². The summed E-state index contributed by atoms with van der Waals surface area (Å²) in [6.45, 7) is 3.16. The Morgan fingerprint density at radius 3 is 2.58 bits per heavy atom. The zero-order chi connectivity index (χ0) is 27.7. The fraction of sp³-hybridized carbons (Fsp3) is 0.565. The molecule has 1 unspecified atom stereocenters. The number of halogens is 4. The summed E-state index contributed by atoms with van der Waals surface area (Å²) < 4.78 is 72.3. The van der Waals surface area contributed by atoms with Crippen LogP contribution in [0.15, 0.2) is 18.3 Å². The molecular formula is C23H31ClF3N7O3S. The highest BCUT2D eigenvalue weighted by Gasteiger charge is 2.39. The largest absolute Gasteiger partial charge is 0.494 e. The molecule has 4 rings (SSSR count). The Morgan fingerprint density at radius 2 is 1.95 bits per heavy atom. The van der Waals surface area contributed by atoms with Crippen molar-refractivity contribution in [2.45, 2.75) is 37.5 Å². The number of benzene rings is 1. The minimum atomic E-state index is -4.72. The van der Waals surface area contributed by atoms with Crippen LogP contribution in [0.3, 0.4) is 0 Å². The Balaban J connectivity index is 1.63. The topological polar surface area (TPSA) is 112 Å². The van der Waals surface area contributed by atoms with Gasteiger partial charge in [-0.1, -0.05) is 11.6 Å². The summed E-state index contributed by atoms with van der Waals surface area (Å²) in [5, 5.41) is 9.49. The number of ether oxygens (including phenoxy) is 1. The maximum absolute atomic E-state index is 13.8. The van der Waals surface area contributed by atoms with E-state index in [2.05, 4.69) is 30.8 Å². The average molecular weight is 578 g/mol. The lowest BCUT2D eigenvalue weighted by Crippen LogP contribution is -2.44. The second-order valence-corrected chi connectivity index (χ2v) is 11.8. The fourth-order valence-corrected chi connectivity index (χ4v) is 5.83. The summed E-state index contributed by atoms with van der Waals surface area (Å²) >= 11 is 6.56. The molecule has 0 radical (unpaired) electrons. The number of sulfonamides is 1. The summed E-state index contributed by atoms with van der Waals surface area (Å²) in [7, 11) is -0.620. The molecule has 2 fully saturated rings. The molecule has 2 heterocycles. The predicted molar refractivity (Wildman–Crippen MR) is 141 cm³/mol. The number of nitrogens with one attached hydrogen (secondary N) is 3. The van der Waals surface area contributed by atoms with Gasteiger partial charge in [0.2, 0.25) is 16.0 Å². The number of methoxy groups -OCH3 is 1. The van der Waals surface area contributed by atoms with Gasteiger partial charge in [-0.15, -0.1) is 0 Å². The summed E-state index contributed by atoms with van der Waals surface area (Å²) in [5.41, 5.74) is 0.126. The molecule has 0 bridgehead atoms. The van der Waals surface area contributed by atoms with Gasteiger partial charge in [0.05, 0.1) is 29.8 Å². The molecule has 1 aromatic carbocycles. The SMILES string of the molecule is COc1cc(N2CCNCC2)c(Cl)cc1Nc1ncc(C(F)(F)F)c(N[C@@H]2CCCC2N(C)S(C)(=O)=O)n1. The molecule has 15 heteroatoms. The van der Waals surface area contributed by atoms with Crippen LogP contribution in [0.1, 0.15) is 24.8 Å². The van der Waals surface area contributed by atoms with Crippen LogP contribution in [0.4, 0.5) is 36.3 Å². The Kier molecular flexibility index (Phi) is 8.45. The number of hydrogen-bond acceptors (Lipinski definition) is 9. The van der Waals surface area contributed by atoms with Crippen LogP contribution in [-0.2, 0) is 16.2 Å². The zero-order valence-corrected chi connectivity index (χ0v) is 22.8. The molecule has 2 atom stereocenters. The molecule has 3 N–H and O–H groups in total. The summed E-state index contributed by atoms with van der Waals surface area (Å²) in [5.74, 6) is -0.112. The van der Waals surface area contributed by atoms with E-state index in [1.807, 2.05) is 0 Å². The van der Waals surface area contributed by atoms with E-state index in [1.54, 1.807) is 12.1 Å². The van der Waals surface area contributed by atoms with E-state index in [0.717, 1.165) is 38.1 Å². The molecule has 2 aromatic rings. The van der Waals surface area contributed by atoms with Crippen molar-refractivity contribution < 1.29 is 26.3 Å². The van der Waals surface area contributed by atoms with E-state index in [1.165, 1.54) is 18.5 Å². The Morgan fingerprint density at radius 1 is 1.24 bits per heavy atom. The predicted octanol–water partition coefficient (Wildman–Crippen LogP) is 3.54. The van der Waals surface area contributed by atoms with Gasteiger partial charge in [0, 0.05) is 57.6 Å². The first kappa shape index (κ1) is 28.5. The Bertz CT molecular complexity index is 1260. The average Bonchev–Trinajstić information content (AvgIpc) is 3.31. The van der Waals surface area contributed by atoms with Crippen molar-refractivity contribution in [3.05, 3.63) is 28.9 Å². The monoisotopic (exact) mass is 577 g/mol. The normalized spacial score (nSPS) is 20.6. The molecule has 1 saturated heterocycles. The van der Waals surface area contributed by atoms with E-state index in [4.69, 9.17) is 16.3 Å². The number of piperazine rings is 1. The van der Waals surface area contributed by atoms with Crippen molar-refractivity contribution in [3.8, 4) is 5.75 Å². The van der Waals surface area contributed by atoms with Crippen LogP contribution in [-0.4, -0.2) is 81.4 Å². The van der Waals surface area contributed by atoms with Crippen molar-refractivity contribution in [1.29, 1.82) is 0 Å². The first-order chi connectivity index (χ1) is 17.9. The molecule has 1 saturated carbocycles. The molecule has 10 nitrogen and oxygen atoms in total. The highest BCUT2D eigenvalue weighted by molar-refractivity contribution is 7.88. The van der Waals surface area contributed by atoms with Crippen molar-refractivity contribution in [2.75, 3.05) is 62.1 Å². The van der Waals surface area contributed by atoms with Crippen LogP contribution in [0, 0.1) is 0 Å². The number of alkyl halides is 3. The zero-order valence-electron chi connectivity index (χ0n) is 21.3. The first-order valence-corrected chi connectivity index (χ1v) is 14.3. The van der Waals surface area contributed by atoms with Crippen LogP contribution in [0.25, 0.3) is 0 Å². The second kappa shape index (κ2) is 11.3. The van der Waals surface area contributed by atoms with Gasteiger partial charge >= 0.3 is 6.18 Å². The molecule has 1 aliphatic heterocycles. The molecule has 1 aliphatic carbocycles. The second-order valence-electron chi connectivity index (χ2n) is 9.35. The van der Waals surface area contributed by atoms with Crippen molar-refractivity contribution >= 4 is 44.8 Å². The third kappa shape index (κ3) is 6.35. The van der Waals surface area contributed by atoms with Gasteiger partial charge in [-0.3, -0.25) is 0 Å². The molecule has 2 aliphatic rings. The van der Waals surface area contributed by atoms with Gasteiger partial charge in [0.15, 0.2) is 0 Å². The summed E-state index contributed by atoms with van der Waals surface area (Å²) in [6, 6.07) is 2.33. The number of rotatable bonds is 8. The number of hydrogen-bond donors (Lipinski definition) is 3. The van der Waals surface area contributed by atoms with E-state index in [0.29, 0.717) is 41.9 Å². The lowest BCUT2D eigenvalue weighted by Gasteiger charge is -2.30. The molecule has 1 aromatic heterocycles. The lowest BCUT2D eigenvalue weighted by atomic mass is 10.1. The van der Waals surface area contributed by atoms with Crippen molar-refractivity contribution in [2.24, 2.45) is 0 Å². The standard InChI is InChI=1S/C23H31ClF3N7O3S/c1-33(38(3,35)36)18-6-4-5-16(18)30-21-14(23(25,26)27)13-29-22(32-21)31-17-11-15(24)19(12-20(17)37-2)34-9-7-28-8-10-34/h11-13,16,18,28H,4-10H2,1-3H3,(H2,29,30,31,32)/t16-,18?/m1/s1. The minimum Gasteiger partial charge on any atom is -0.494 e. The van der Waals surface area contributed by atoms with Gasteiger partial charge in [0.1, 0.15) is 17.1 Å². The van der Waals surface area contributed by atoms with Crippen molar-refractivity contribution in [3.63, 3.8) is 0 Å².